The number of hydrogen-bond acceptors (Lipinski definition) is 11. The number of amides is 5. The van der Waals surface area contributed by atoms with Gasteiger partial charge in [-0.15, -0.1) is 0 Å². The smallest absolute Gasteiger partial charge is 0.408 e. The van der Waals surface area contributed by atoms with E-state index in [0.717, 1.165) is 0 Å². The molecule has 0 bridgehead atoms. The van der Waals surface area contributed by atoms with Crippen LogP contribution < -0.4 is 32.3 Å². The Morgan fingerprint density at radius 2 is 1.45 bits per heavy atom. The van der Waals surface area contributed by atoms with E-state index in [1.807, 2.05) is 13.8 Å². The summed E-state index contributed by atoms with van der Waals surface area (Å²) in [5, 5.41) is 31.8. The van der Waals surface area contributed by atoms with Gasteiger partial charge in [0.2, 0.25) is 23.6 Å². The Labute approximate surface area is 284 Å². The number of rotatable bonds is 22. The van der Waals surface area contributed by atoms with Crippen LogP contribution in [0.3, 0.4) is 0 Å². The van der Waals surface area contributed by atoms with Crippen molar-refractivity contribution in [2.75, 3.05) is 19.8 Å². The number of nitrogens with one attached hydrogen (secondary N) is 6. The molecule has 1 heterocycles. The molecule has 0 aliphatic heterocycles. The molecular formula is C32H48N8O9. The van der Waals surface area contributed by atoms with E-state index in [9.17, 15) is 39.0 Å². The highest BCUT2D eigenvalue weighted by atomic mass is 16.5. The summed E-state index contributed by atoms with van der Waals surface area (Å²) < 4.78 is 5.07. The van der Waals surface area contributed by atoms with E-state index in [1.165, 1.54) is 6.20 Å². The first-order chi connectivity index (χ1) is 23.5. The molecule has 17 nitrogen and oxygen atoms in total. The van der Waals surface area contributed by atoms with Crippen LogP contribution in [0.2, 0.25) is 0 Å². The van der Waals surface area contributed by atoms with Crippen molar-refractivity contribution in [2.24, 2.45) is 11.7 Å². The van der Waals surface area contributed by atoms with E-state index in [0.29, 0.717) is 43.5 Å². The lowest BCUT2D eigenvalue weighted by Gasteiger charge is -2.26. The van der Waals surface area contributed by atoms with E-state index in [4.69, 9.17) is 10.5 Å². The first-order valence-electron chi connectivity index (χ1n) is 16.0. The standard InChI is InChI=1S/C32H48N8O9/c1-20(2)14-22(16-41)36-29(45)24(15-27-34-12-13-35-27)38-28(44)23(10-6-7-11-33)37-30(46)25(17-42)39-31(47)26(18-43)40-32(48)49-19-21-8-4-3-5-9-21/h3-5,8-9,12-13,16,20,22-26,42-43H,6-7,10-11,14-15,17-19,33H2,1-2H3,(H,34,35)(H,36,45)(H,37,46)(H,38,44)(H,39,47)(H,40,48)/t22-,23-,24-,25-,26-/m0/s1. The summed E-state index contributed by atoms with van der Waals surface area (Å²) >= 11 is 0. The summed E-state index contributed by atoms with van der Waals surface area (Å²) in [6, 6.07) is 2.43. The highest BCUT2D eigenvalue weighted by Gasteiger charge is 2.32. The van der Waals surface area contributed by atoms with Crippen molar-refractivity contribution in [1.82, 2.24) is 36.6 Å². The molecule has 1 aromatic carbocycles. The second-order valence-corrected chi connectivity index (χ2v) is 11.7. The van der Waals surface area contributed by atoms with Gasteiger partial charge in [0.15, 0.2) is 0 Å². The van der Waals surface area contributed by atoms with Crippen LogP contribution in [-0.4, -0.2) is 106 Å². The molecule has 0 unspecified atom stereocenters. The summed E-state index contributed by atoms with van der Waals surface area (Å²) in [5.41, 5.74) is 6.30. The van der Waals surface area contributed by atoms with Crippen molar-refractivity contribution in [3.63, 3.8) is 0 Å². The number of aromatic nitrogens is 2. The summed E-state index contributed by atoms with van der Waals surface area (Å²) in [4.78, 5) is 83.7. The number of nitrogens with two attached hydrogens (primary N) is 1. The number of ether oxygens (including phenoxy) is 1. The van der Waals surface area contributed by atoms with Crippen LogP contribution in [-0.2, 0) is 41.7 Å². The van der Waals surface area contributed by atoms with Gasteiger partial charge in [0.1, 0.15) is 42.9 Å². The number of H-pyrrole nitrogens is 1. The third-order valence-electron chi connectivity index (χ3n) is 7.20. The Morgan fingerprint density at radius 3 is 2.02 bits per heavy atom. The van der Waals surface area contributed by atoms with Gasteiger partial charge in [-0.3, -0.25) is 19.2 Å². The van der Waals surface area contributed by atoms with Crippen molar-refractivity contribution in [1.29, 1.82) is 0 Å². The minimum absolute atomic E-state index is 0.0556. The quantitative estimate of drug-likeness (QED) is 0.0510. The van der Waals surface area contributed by atoms with Crippen LogP contribution in [0.1, 0.15) is 50.9 Å². The van der Waals surface area contributed by atoms with Crippen molar-refractivity contribution in [2.45, 2.75) is 82.8 Å². The highest BCUT2D eigenvalue weighted by molar-refractivity contribution is 5.95. The van der Waals surface area contributed by atoms with Gasteiger partial charge in [-0.2, -0.15) is 0 Å². The molecule has 5 amide bonds. The number of imidazole rings is 1. The van der Waals surface area contributed by atoms with Crippen LogP contribution in [0.4, 0.5) is 4.79 Å². The predicted octanol–water partition coefficient (Wildman–Crippen LogP) is -1.45. The topological polar surface area (TPSA) is 267 Å². The van der Waals surface area contributed by atoms with E-state index < -0.39 is 73.1 Å². The fourth-order valence-corrected chi connectivity index (χ4v) is 4.63. The largest absolute Gasteiger partial charge is 0.445 e. The number of aromatic amines is 1. The third kappa shape index (κ3) is 14.8. The molecule has 0 spiro atoms. The molecular weight excluding hydrogens is 640 g/mol. The molecule has 2 aromatic rings. The number of nitrogens with zero attached hydrogens (tertiary/aromatic N) is 1. The first kappa shape index (κ1) is 40.3. The summed E-state index contributed by atoms with van der Waals surface area (Å²) in [5.74, 6) is -2.85. The van der Waals surface area contributed by atoms with Gasteiger partial charge in [-0.25, -0.2) is 9.78 Å². The normalized spacial score (nSPS) is 14.0. The van der Waals surface area contributed by atoms with Gasteiger partial charge in [-0.05, 0) is 43.7 Å². The average Bonchev–Trinajstić information content (AvgIpc) is 3.60. The Kier molecular flexibility index (Phi) is 18.0. The Bertz CT molecular complexity index is 1330. The minimum atomic E-state index is -1.58. The molecule has 270 valence electrons. The zero-order chi connectivity index (χ0) is 36.2. The zero-order valence-electron chi connectivity index (χ0n) is 27.7. The van der Waals surface area contributed by atoms with Gasteiger partial charge in [0.05, 0.1) is 19.3 Å². The molecule has 10 N–H and O–H groups in total. The number of unbranched alkanes of at least 4 members (excludes halogenated alkanes) is 1. The molecule has 0 fully saturated rings. The molecule has 0 aliphatic rings. The van der Waals surface area contributed by atoms with Gasteiger partial charge < -0.3 is 57.0 Å². The molecule has 0 radical (unpaired) electrons. The lowest BCUT2D eigenvalue weighted by molar-refractivity contribution is -0.135. The third-order valence-corrected chi connectivity index (χ3v) is 7.20. The summed E-state index contributed by atoms with van der Waals surface area (Å²) in [6.45, 7) is 2.26. The van der Waals surface area contributed by atoms with Crippen molar-refractivity contribution in [3.05, 3.63) is 54.1 Å². The summed E-state index contributed by atoms with van der Waals surface area (Å²) in [7, 11) is 0. The fourth-order valence-electron chi connectivity index (χ4n) is 4.63. The van der Waals surface area contributed by atoms with Gasteiger partial charge in [0, 0.05) is 18.8 Å². The molecule has 17 heteroatoms. The lowest BCUT2D eigenvalue weighted by Crippen LogP contribution is -2.60. The molecule has 5 atom stereocenters. The number of carbonyl (C=O) groups is 6. The molecule has 1 aromatic heterocycles. The number of aldehydes is 1. The maximum Gasteiger partial charge on any atom is 0.408 e. The van der Waals surface area contributed by atoms with Crippen LogP contribution in [0.25, 0.3) is 0 Å². The first-order valence-corrected chi connectivity index (χ1v) is 16.0. The summed E-state index contributed by atoms with van der Waals surface area (Å²) in [6.07, 6.45) is 3.97. The van der Waals surface area contributed by atoms with Gasteiger partial charge >= 0.3 is 6.09 Å². The van der Waals surface area contributed by atoms with Crippen LogP contribution in [0.15, 0.2) is 42.7 Å². The maximum atomic E-state index is 13.5. The molecule has 2 rings (SSSR count). The number of alkyl carbamates (subject to hydrolysis) is 1. The van der Waals surface area contributed by atoms with E-state index in [2.05, 4.69) is 36.6 Å². The maximum absolute atomic E-state index is 13.5. The number of benzene rings is 1. The molecule has 0 saturated carbocycles. The Hall–Kier alpha value is -4.87. The zero-order valence-corrected chi connectivity index (χ0v) is 27.7. The van der Waals surface area contributed by atoms with Crippen LogP contribution in [0.5, 0.6) is 0 Å². The fraction of sp³-hybridized carbons (Fsp3) is 0.531. The molecule has 0 saturated heterocycles. The predicted molar refractivity (Wildman–Crippen MR) is 176 cm³/mol. The SMILES string of the molecule is CC(C)C[C@@H](C=O)NC(=O)[C@H](Cc1ncc[nH]1)NC(=O)[C@H](CCCCN)NC(=O)[C@H](CO)NC(=O)[C@H](CO)NC(=O)OCc1ccccc1. The van der Waals surface area contributed by atoms with Gasteiger partial charge in [0.25, 0.3) is 0 Å². The van der Waals surface area contributed by atoms with E-state index in [-0.39, 0.29) is 25.4 Å². The minimum Gasteiger partial charge on any atom is -0.445 e. The Balaban J connectivity index is 2.11. The average molecular weight is 689 g/mol. The number of hydrogen-bond donors (Lipinski definition) is 9. The van der Waals surface area contributed by atoms with Gasteiger partial charge in [-0.1, -0.05) is 44.2 Å². The monoisotopic (exact) mass is 688 g/mol. The molecule has 0 aliphatic carbocycles. The highest BCUT2D eigenvalue weighted by Crippen LogP contribution is 2.07. The van der Waals surface area contributed by atoms with Crippen molar-refractivity contribution in [3.8, 4) is 0 Å². The Morgan fingerprint density at radius 1 is 0.857 bits per heavy atom. The lowest BCUT2D eigenvalue weighted by atomic mass is 10.0. The van der Waals surface area contributed by atoms with Crippen molar-refractivity contribution >= 4 is 36.0 Å². The number of aliphatic hydroxyl groups is 2. The number of carbonyl (C=O) groups excluding carboxylic acids is 6. The van der Waals surface area contributed by atoms with Crippen molar-refractivity contribution < 1.29 is 43.7 Å². The number of aliphatic hydroxyl groups excluding tert-OH is 2. The van der Waals surface area contributed by atoms with E-state index >= 15 is 0 Å². The second-order valence-electron chi connectivity index (χ2n) is 11.7. The van der Waals surface area contributed by atoms with Crippen LogP contribution >= 0.6 is 0 Å². The molecule has 49 heavy (non-hydrogen) atoms. The van der Waals surface area contributed by atoms with Crippen LogP contribution in [0, 0.1) is 5.92 Å². The second kappa shape index (κ2) is 21.9. The van der Waals surface area contributed by atoms with E-state index in [1.54, 1.807) is 36.5 Å².